The Kier molecular flexibility index (Phi) is 5.84. The molecule has 1 atom stereocenters. The standard InChI is InChI=1S/C25H24N2O4S/c1-14(2)22(28)20-21(19-6-5-11-26-24(19)31-4)27(25(30)23(20)29)18-9-7-16(8-10-18)17-12-15(3)32-13-17/h5-14,21,29H,1-4H3. The number of amides is 1. The van der Waals surface area contributed by atoms with Gasteiger partial charge in [-0.2, -0.15) is 0 Å². The molecule has 2 aromatic heterocycles. The number of rotatable bonds is 6. The lowest BCUT2D eigenvalue weighted by Crippen LogP contribution is -2.31. The summed E-state index contributed by atoms with van der Waals surface area (Å²) in [5.74, 6) is -1.54. The van der Waals surface area contributed by atoms with E-state index in [1.165, 1.54) is 16.9 Å². The number of aromatic nitrogens is 1. The van der Waals surface area contributed by atoms with Crippen LogP contribution in [0, 0.1) is 12.8 Å². The maximum atomic E-state index is 13.2. The van der Waals surface area contributed by atoms with Gasteiger partial charge in [0, 0.05) is 28.2 Å². The van der Waals surface area contributed by atoms with Crippen molar-refractivity contribution >= 4 is 28.7 Å². The van der Waals surface area contributed by atoms with Gasteiger partial charge >= 0.3 is 0 Å². The molecular formula is C25H24N2O4S. The van der Waals surface area contributed by atoms with Crippen molar-refractivity contribution in [2.75, 3.05) is 12.0 Å². The fourth-order valence-corrected chi connectivity index (χ4v) is 4.63. The van der Waals surface area contributed by atoms with Gasteiger partial charge in [0.2, 0.25) is 5.88 Å². The fraction of sp³-hybridized carbons (Fsp3) is 0.240. The van der Waals surface area contributed by atoms with E-state index in [1.54, 1.807) is 43.5 Å². The topological polar surface area (TPSA) is 79.7 Å². The van der Waals surface area contributed by atoms with E-state index >= 15 is 0 Å². The van der Waals surface area contributed by atoms with E-state index in [9.17, 15) is 14.7 Å². The lowest BCUT2D eigenvalue weighted by Gasteiger charge is -2.28. The van der Waals surface area contributed by atoms with Crippen LogP contribution in [0.2, 0.25) is 0 Å². The summed E-state index contributed by atoms with van der Waals surface area (Å²) in [5, 5.41) is 12.8. The molecule has 0 spiro atoms. The molecule has 7 heteroatoms. The van der Waals surface area contributed by atoms with Gasteiger partial charge in [-0.05, 0) is 53.8 Å². The summed E-state index contributed by atoms with van der Waals surface area (Å²) in [6.45, 7) is 5.54. The molecule has 1 aliphatic heterocycles. The van der Waals surface area contributed by atoms with Gasteiger partial charge in [0.25, 0.3) is 5.91 Å². The van der Waals surface area contributed by atoms with E-state index in [0.717, 1.165) is 11.1 Å². The highest BCUT2D eigenvalue weighted by atomic mass is 32.1. The monoisotopic (exact) mass is 448 g/mol. The Hall–Kier alpha value is -3.45. The third kappa shape index (κ3) is 3.69. The minimum atomic E-state index is -0.838. The Morgan fingerprint density at radius 2 is 1.91 bits per heavy atom. The Morgan fingerprint density at radius 1 is 1.19 bits per heavy atom. The summed E-state index contributed by atoms with van der Waals surface area (Å²) >= 11 is 1.67. The number of carbonyl (C=O) groups excluding carboxylic acids is 2. The summed E-state index contributed by atoms with van der Waals surface area (Å²) in [6.07, 6.45) is 1.58. The number of thiophene rings is 1. The maximum absolute atomic E-state index is 13.2. The number of hydrogen-bond donors (Lipinski definition) is 1. The maximum Gasteiger partial charge on any atom is 0.294 e. The van der Waals surface area contributed by atoms with Crippen molar-refractivity contribution < 1.29 is 19.4 Å². The Labute approximate surface area is 190 Å². The fourth-order valence-electron chi connectivity index (χ4n) is 3.92. The highest BCUT2D eigenvalue weighted by Crippen LogP contribution is 2.44. The largest absolute Gasteiger partial charge is 0.503 e. The smallest absolute Gasteiger partial charge is 0.294 e. The first kappa shape index (κ1) is 21.8. The number of carbonyl (C=O) groups is 2. The number of ether oxygens (including phenoxy) is 1. The van der Waals surface area contributed by atoms with Crippen molar-refractivity contribution in [1.29, 1.82) is 0 Å². The molecule has 1 N–H and O–H groups in total. The number of aliphatic hydroxyl groups is 1. The average molecular weight is 449 g/mol. The average Bonchev–Trinajstić information content (AvgIpc) is 3.34. The zero-order chi connectivity index (χ0) is 23.0. The van der Waals surface area contributed by atoms with Crippen LogP contribution in [0.15, 0.2) is 65.4 Å². The van der Waals surface area contributed by atoms with Crippen LogP contribution in [0.4, 0.5) is 5.69 Å². The van der Waals surface area contributed by atoms with E-state index in [-0.39, 0.29) is 11.4 Å². The predicted octanol–water partition coefficient (Wildman–Crippen LogP) is 5.25. The molecule has 3 heterocycles. The molecule has 0 bridgehead atoms. The molecule has 0 saturated heterocycles. The number of aryl methyl sites for hydroxylation is 1. The van der Waals surface area contributed by atoms with Crippen LogP contribution in [-0.2, 0) is 9.59 Å². The normalized spacial score (nSPS) is 16.2. The number of Topliss-reactive ketones (excluding diaryl/α,β-unsaturated/α-hetero) is 1. The number of benzene rings is 1. The molecule has 1 aromatic carbocycles. The van der Waals surface area contributed by atoms with Crippen molar-refractivity contribution in [3.05, 3.63) is 75.8 Å². The summed E-state index contributed by atoms with van der Waals surface area (Å²) in [4.78, 5) is 33.1. The molecular weight excluding hydrogens is 424 g/mol. The number of anilines is 1. The van der Waals surface area contributed by atoms with Crippen molar-refractivity contribution in [1.82, 2.24) is 4.98 Å². The highest BCUT2D eigenvalue weighted by molar-refractivity contribution is 7.10. The lowest BCUT2D eigenvalue weighted by atomic mass is 9.91. The first-order valence-corrected chi connectivity index (χ1v) is 11.2. The third-order valence-electron chi connectivity index (χ3n) is 5.50. The Balaban J connectivity index is 1.83. The van der Waals surface area contributed by atoms with E-state index < -0.39 is 23.6 Å². The van der Waals surface area contributed by atoms with Crippen LogP contribution in [-0.4, -0.2) is 28.9 Å². The summed E-state index contributed by atoms with van der Waals surface area (Å²) < 4.78 is 5.42. The van der Waals surface area contributed by atoms with Gasteiger partial charge < -0.3 is 9.84 Å². The molecule has 32 heavy (non-hydrogen) atoms. The molecule has 0 fully saturated rings. The van der Waals surface area contributed by atoms with Gasteiger partial charge in [0.15, 0.2) is 11.5 Å². The van der Waals surface area contributed by atoms with Crippen LogP contribution in [0.3, 0.4) is 0 Å². The quantitative estimate of drug-likeness (QED) is 0.557. The molecule has 0 aliphatic carbocycles. The zero-order valence-corrected chi connectivity index (χ0v) is 19.1. The van der Waals surface area contributed by atoms with Crippen LogP contribution >= 0.6 is 11.3 Å². The summed E-state index contributed by atoms with van der Waals surface area (Å²) in [6, 6.07) is 12.3. The zero-order valence-electron chi connectivity index (χ0n) is 18.3. The molecule has 3 aromatic rings. The lowest BCUT2D eigenvalue weighted by molar-refractivity contribution is -0.119. The second-order valence-corrected chi connectivity index (χ2v) is 9.07. The molecule has 0 radical (unpaired) electrons. The van der Waals surface area contributed by atoms with Gasteiger partial charge in [0.1, 0.15) is 6.04 Å². The van der Waals surface area contributed by atoms with Gasteiger partial charge in [-0.1, -0.05) is 26.0 Å². The SMILES string of the molecule is COc1ncccc1C1C(C(=O)C(C)C)=C(O)C(=O)N1c1ccc(-c2csc(C)c2)cc1. The minimum absolute atomic E-state index is 0.0637. The first-order chi connectivity index (χ1) is 15.3. The second kappa shape index (κ2) is 8.59. The van der Waals surface area contributed by atoms with Gasteiger partial charge in [0.05, 0.1) is 12.7 Å². The molecule has 1 amide bonds. The van der Waals surface area contributed by atoms with Gasteiger partial charge in [-0.3, -0.25) is 14.5 Å². The van der Waals surface area contributed by atoms with Gasteiger partial charge in [-0.15, -0.1) is 11.3 Å². The second-order valence-electron chi connectivity index (χ2n) is 7.95. The third-order valence-corrected chi connectivity index (χ3v) is 6.36. The summed E-state index contributed by atoms with van der Waals surface area (Å²) in [7, 11) is 1.48. The Bertz CT molecular complexity index is 1210. The van der Waals surface area contributed by atoms with E-state index in [0.29, 0.717) is 17.1 Å². The minimum Gasteiger partial charge on any atom is -0.503 e. The number of aliphatic hydroxyl groups excluding tert-OH is 1. The molecule has 6 nitrogen and oxygen atoms in total. The number of nitrogens with zero attached hydrogens (tertiary/aromatic N) is 2. The molecule has 1 aliphatic rings. The van der Waals surface area contributed by atoms with Crippen molar-refractivity contribution in [3.8, 4) is 17.0 Å². The molecule has 1 unspecified atom stereocenters. The number of methoxy groups -OCH3 is 1. The van der Waals surface area contributed by atoms with Crippen molar-refractivity contribution in [2.24, 2.45) is 5.92 Å². The van der Waals surface area contributed by atoms with E-state index in [1.807, 2.05) is 24.3 Å². The highest BCUT2D eigenvalue weighted by Gasteiger charge is 2.46. The van der Waals surface area contributed by atoms with Crippen LogP contribution in [0.1, 0.15) is 30.3 Å². The van der Waals surface area contributed by atoms with E-state index in [2.05, 4.69) is 23.4 Å². The van der Waals surface area contributed by atoms with E-state index in [4.69, 9.17) is 4.74 Å². The number of pyridine rings is 1. The van der Waals surface area contributed by atoms with Crippen molar-refractivity contribution in [3.63, 3.8) is 0 Å². The number of ketones is 1. The summed E-state index contributed by atoms with van der Waals surface area (Å²) in [5.41, 5.74) is 3.30. The predicted molar refractivity (Wildman–Crippen MR) is 125 cm³/mol. The molecule has 164 valence electrons. The van der Waals surface area contributed by atoms with Crippen LogP contribution < -0.4 is 9.64 Å². The Morgan fingerprint density at radius 3 is 2.50 bits per heavy atom. The molecule has 4 rings (SSSR count). The van der Waals surface area contributed by atoms with Crippen LogP contribution in [0.25, 0.3) is 11.1 Å². The van der Waals surface area contributed by atoms with Crippen molar-refractivity contribution in [2.45, 2.75) is 26.8 Å². The first-order valence-electron chi connectivity index (χ1n) is 10.3. The number of hydrogen-bond acceptors (Lipinski definition) is 6. The van der Waals surface area contributed by atoms with Crippen LogP contribution in [0.5, 0.6) is 5.88 Å². The van der Waals surface area contributed by atoms with Gasteiger partial charge in [-0.25, -0.2) is 4.98 Å². The molecule has 0 saturated carbocycles.